The fourth-order valence-electron chi connectivity index (χ4n) is 1.35. The molecular weight excluding hydrogens is 263 g/mol. The second-order valence-corrected chi connectivity index (χ2v) is 4.99. The average Bonchev–Trinajstić information content (AvgIpc) is 2.72. The number of aromatic nitrogens is 1. The van der Waals surface area contributed by atoms with Crippen LogP contribution in [0.5, 0.6) is 5.75 Å². The van der Waals surface area contributed by atoms with E-state index in [2.05, 4.69) is 4.98 Å². The summed E-state index contributed by atoms with van der Waals surface area (Å²) < 4.78 is 42.3. The van der Waals surface area contributed by atoms with Gasteiger partial charge in [0.2, 0.25) is 0 Å². The van der Waals surface area contributed by atoms with Crippen LogP contribution >= 0.6 is 11.3 Å². The lowest BCUT2D eigenvalue weighted by Crippen LogP contribution is -2.04. The number of benzene rings is 1. The van der Waals surface area contributed by atoms with E-state index in [0.717, 1.165) is 22.0 Å². The molecule has 0 radical (unpaired) electrons. The van der Waals surface area contributed by atoms with Crippen molar-refractivity contribution in [3.63, 3.8) is 0 Å². The van der Waals surface area contributed by atoms with Crippen LogP contribution in [0.1, 0.15) is 15.4 Å². The van der Waals surface area contributed by atoms with Crippen LogP contribution in [0.4, 0.5) is 13.2 Å². The molecule has 0 aliphatic rings. The Bertz CT molecular complexity index is 519. The predicted molar refractivity (Wildman–Crippen MR) is 62.6 cm³/mol. The summed E-state index contributed by atoms with van der Waals surface area (Å²) in [5, 5.41) is 0.799. The number of hydrogen-bond donors (Lipinski definition) is 0. The topological polar surface area (TPSA) is 22.1 Å². The number of alkyl halides is 3. The van der Waals surface area contributed by atoms with Gasteiger partial charge in [0.1, 0.15) is 17.4 Å². The lowest BCUT2D eigenvalue weighted by molar-refractivity contribution is -0.137. The minimum Gasteiger partial charge on any atom is -0.486 e. The van der Waals surface area contributed by atoms with Gasteiger partial charge in [-0.25, -0.2) is 4.98 Å². The van der Waals surface area contributed by atoms with E-state index in [-0.39, 0.29) is 6.61 Å². The predicted octanol–water partition coefficient (Wildman–Crippen LogP) is 4.05. The quantitative estimate of drug-likeness (QED) is 0.841. The molecule has 1 aromatic carbocycles. The Morgan fingerprint density at radius 1 is 1.22 bits per heavy atom. The number of aryl methyl sites for hydroxylation is 1. The Balaban J connectivity index is 1.98. The maximum atomic E-state index is 12.3. The molecule has 0 amide bonds. The lowest BCUT2D eigenvalue weighted by atomic mass is 10.2. The summed E-state index contributed by atoms with van der Waals surface area (Å²) in [7, 11) is 0. The Hall–Kier alpha value is -1.56. The highest BCUT2D eigenvalue weighted by Crippen LogP contribution is 2.30. The fourth-order valence-corrected chi connectivity index (χ4v) is 2.05. The molecule has 1 aromatic heterocycles. The van der Waals surface area contributed by atoms with Crippen molar-refractivity contribution < 1.29 is 17.9 Å². The van der Waals surface area contributed by atoms with Gasteiger partial charge in [-0.05, 0) is 31.2 Å². The molecule has 0 fully saturated rings. The Labute approximate surface area is 106 Å². The summed E-state index contributed by atoms with van der Waals surface area (Å²) in [5.41, 5.74) is -0.681. The smallest absolute Gasteiger partial charge is 0.416 e. The van der Waals surface area contributed by atoms with Crippen LogP contribution in [0.2, 0.25) is 0 Å². The van der Waals surface area contributed by atoms with Crippen molar-refractivity contribution in [2.45, 2.75) is 19.7 Å². The molecular formula is C12H10F3NOS. The summed E-state index contributed by atoms with van der Waals surface area (Å²) in [6, 6.07) is 4.62. The van der Waals surface area contributed by atoms with Crippen LogP contribution in [0.15, 0.2) is 30.5 Å². The molecule has 0 spiro atoms. The SMILES string of the molecule is Cc1cnc(COc2ccc(C(F)(F)F)cc2)s1. The monoisotopic (exact) mass is 273 g/mol. The highest BCUT2D eigenvalue weighted by atomic mass is 32.1. The van der Waals surface area contributed by atoms with Crippen molar-refractivity contribution in [2.24, 2.45) is 0 Å². The molecule has 0 saturated carbocycles. The van der Waals surface area contributed by atoms with E-state index < -0.39 is 11.7 Å². The normalized spacial score (nSPS) is 11.6. The zero-order chi connectivity index (χ0) is 13.2. The lowest BCUT2D eigenvalue weighted by Gasteiger charge is -2.08. The number of nitrogens with zero attached hydrogens (tertiary/aromatic N) is 1. The van der Waals surface area contributed by atoms with Gasteiger partial charge in [0, 0.05) is 11.1 Å². The number of ether oxygens (including phenoxy) is 1. The third-order valence-electron chi connectivity index (χ3n) is 2.21. The minimum atomic E-state index is -4.31. The molecule has 0 aliphatic heterocycles. The standard InChI is InChI=1S/C12H10F3NOS/c1-8-6-16-11(18-8)7-17-10-4-2-9(3-5-10)12(13,14)15/h2-6H,7H2,1H3. The third-order valence-corrected chi connectivity index (χ3v) is 3.10. The fraction of sp³-hybridized carbons (Fsp3) is 0.250. The molecule has 2 aromatic rings. The third kappa shape index (κ3) is 3.22. The first kappa shape index (κ1) is 12.9. The van der Waals surface area contributed by atoms with Gasteiger partial charge in [0.15, 0.2) is 0 Å². The van der Waals surface area contributed by atoms with Gasteiger partial charge in [-0.3, -0.25) is 0 Å². The summed E-state index contributed by atoms with van der Waals surface area (Å²) in [6.45, 7) is 2.20. The maximum absolute atomic E-state index is 12.3. The Morgan fingerprint density at radius 2 is 1.89 bits per heavy atom. The number of rotatable bonds is 3. The Morgan fingerprint density at radius 3 is 2.39 bits per heavy atom. The summed E-state index contributed by atoms with van der Waals surface area (Å²) in [4.78, 5) is 5.17. The summed E-state index contributed by atoms with van der Waals surface area (Å²) in [5.74, 6) is 0.399. The van der Waals surface area contributed by atoms with Crippen molar-refractivity contribution in [3.8, 4) is 5.75 Å². The van der Waals surface area contributed by atoms with Crippen molar-refractivity contribution >= 4 is 11.3 Å². The molecule has 0 aliphatic carbocycles. The van der Waals surface area contributed by atoms with Crippen LogP contribution < -0.4 is 4.74 Å². The van der Waals surface area contributed by atoms with Gasteiger partial charge >= 0.3 is 6.18 Å². The van der Waals surface area contributed by atoms with Crippen molar-refractivity contribution in [1.82, 2.24) is 4.98 Å². The van der Waals surface area contributed by atoms with Crippen LogP contribution in [-0.2, 0) is 12.8 Å². The first-order valence-electron chi connectivity index (χ1n) is 5.16. The van der Waals surface area contributed by atoms with Gasteiger partial charge in [0.05, 0.1) is 5.56 Å². The van der Waals surface area contributed by atoms with E-state index in [0.29, 0.717) is 5.75 Å². The highest BCUT2D eigenvalue weighted by Gasteiger charge is 2.29. The first-order valence-corrected chi connectivity index (χ1v) is 5.98. The molecule has 1 heterocycles. The molecule has 0 saturated heterocycles. The van der Waals surface area contributed by atoms with Gasteiger partial charge in [0.25, 0.3) is 0 Å². The minimum absolute atomic E-state index is 0.268. The molecule has 96 valence electrons. The van der Waals surface area contributed by atoms with E-state index in [1.807, 2.05) is 6.92 Å². The summed E-state index contributed by atoms with van der Waals surface area (Å²) >= 11 is 1.50. The van der Waals surface area contributed by atoms with Crippen molar-refractivity contribution in [1.29, 1.82) is 0 Å². The van der Waals surface area contributed by atoms with E-state index in [1.165, 1.54) is 23.5 Å². The molecule has 0 unspecified atom stereocenters. The molecule has 2 rings (SSSR count). The number of thiazole rings is 1. The second kappa shape index (κ2) is 4.97. The second-order valence-electron chi connectivity index (χ2n) is 3.68. The molecule has 2 nitrogen and oxygen atoms in total. The van der Waals surface area contributed by atoms with E-state index in [1.54, 1.807) is 6.20 Å². The molecule has 0 bridgehead atoms. The zero-order valence-electron chi connectivity index (χ0n) is 9.49. The number of hydrogen-bond acceptors (Lipinski definition) is 3. The Kier molecular flexibility index (Phi) is 3.56. The van der Waals surface area contributed by atoms with E-state index in [9.17, 15) is 13.2 Å². The van der Waals surface area contributed by atoms with Crippen LogP contribution in [0.25, 0.3) is 0 Å². The van der Waals surface area contributed by atoms with Crippen LogP contribution in [0, 0.1) is 6.92 Å². The van der Waals surface area contributed by atoms with Gasteiger partial charge in [-0.2, -0.15) is 13.2 Å². The van der Waals surface area contributed by atoms with Gasteiger partial charge in [-0.1, -0.05) is 0 Å². The molecule has 0 N–H and O–H groups in total. The van der Waals surface area contributed by atoms with Gasteiger partial charge in [-0.15, -0.1) is 11.3 Å². The molecule has 6 heteroatoms. The molecule has 18 heavy (non-hydrogen) atoms. The highest BCUT2D eigenvalue weighted by molar-refractivity contribution is 7.11. The summed E-state index contributed by atoms with van der Waals surface area (Å²) in [6.07, 6.45) is -2.58. The maximum Gasteiger partial charge on any atom is 0.416 e. The average molecular weight is 273 g/mol. The largest absolute Gasteiger partial charge is 0.486 e. The van der Waals surface area contributed by atoms with Crippen molar-refractivity contribution in [3.05, 3.63) is 45.9 Å². The van der Waals surface area contributed by atoms with Crippen LogP contribution in [0.3, 0.4) is 0 Å². The van der Waals surface area contributed by atoms with E-state index >= 15 is 0 Å². The van der Waals surface area contributed by atoms with Crippen LogP contribution in [-0.4, -0.2) is 4.98 Å². The molecule has 0 atom stereocenters. The first-order chi connectivity index (χ1) is 8.45. The zero-order valence-corrected chi connectivity index (χ0v) is 10.3. The van der Waals surface area contributed by atoms with E-state index in [4.69, 9.17) is 4.74 Å². The number of halogens is 3. The van der Waals surface area contributed by atoms with Crippen molar-refractivity contribution in [2.75, 3.05) is 0 Å². The van der Waals surface area contributed by atoms with Gasteiger partial charge < -0.3 is 4.74 Å².